The van der Waals surface area contributed by atoms with Gasteiger partial charge in [0.1, 0.15) is 5.76 Å². The molecule has 0 N–H and O–H groups in total. The molecule has 0 spiro atoms. The number of anilines is 1. The molecule has 3 heteroatoms. The Hall–Kier alpha value is -1.43. The molecule has 0 aliphatic heterocycles. The number of hydrogen-bond donors (Lipinski definition) is 0. The molecule has 1 saturated carbocycles. The van der Waals surface area contributed by atoms with Gasteiger partial charge < -0.3 is 9.32 Å². The summed E-state index contributed by atoms with van der Waals surface area (Å²) in [5, 5.41) is 8.85. The summed E-state index contributed by atoms with van der Waals surface area (Å²) in [4.78, 5) is 2.21. The van der Waals surface area contributed by atoms with Gasteiger partial charge in [-0.25, -0.2) is 0 Å². The molecular weight excluding hydrogens is 200 g/mol. The Morgan fingerprint density at radius 3 is 2.50 bits per heavy atom. The molecule has 1 aromatic rings. The Morgan fingerprint density at radius 2 is 2.00 bits per heavy atom. The monoisotopic (exact) mass is 218 g/mol. The number of nitriles is 1. The van der Waals surface area contributed by atoms with E-state index in [1.54, 1.807) is 0 Å². The van der Waals surface area contributed by atoms with Crippen LogP contribution in [-0.4, -0.2) is 13.1 Å². The first-order valence-electron chi connectivity index (χ1n) is 5.89. The van der Waals surface area contributed by atoms with Crippen LogP contribution < -0.4 is 4.90 Å². The van der Waals surface area contributed by atoms with Crippen molar-refractivity contribution in [2.75, 3.05) is 11.9 Å². The zero-order chi connectivity index (χ0) is 11.5. The quantitative estimate of drug-likeness (QED) is 0.765. The molecule has 3 nitrogen and oxygen atoms in total. The maximum absolute atomic E-state index is 8.85. The Balaban J connectivity index is 1.97. The fourth-order valence-electron chi connectivity index (χ4n) is 2.38. The Kier molecular flexibility index (Phi) is 3.19. The van der Waals surface area contributed by atoms with E-state index in [4.69, 9.17) is 9.68 Å². The molecule has 1 aromatic heterocycles. The molecule has 0 atom stereocenters. The number of furan rings is 1. The molecule has 2 rings (SSSR count). The minimum Gasteiger partial charge on any atom is -0.446 e. The summed E-state index contributed by atoms with van der Waals surface area (Å²) in [6.45, 7) is 1.96. The van der Waals surface area contributed by atoms with Gasteiger partial charge in [-0.05, 0) is 38.7 Å². The van der Waals surface area contributed by atoms with Crippen molar-refractivity contribution in [3.63, 3.8) is 0 Å². The van der Waals surface area contributed by atoms with E-state index in [9.17, 15) is 0 Å². The van der Waals surface area contributed by atoms with E-state index in [0.29, 0.717) is 6.04 Å². The maximum Gasteiger partial charge on any atom is 0.195 e. The minimum absolute atomic E-state index is 0.267. The van der Waals surface area contributed by atoms with Gasteiger partial charge in [-0.15, -0.1) is 0 Å². The van der Waals surface area contributed by atoms with Gasteiger partial charge in [0.25, 0.3) is 0 Å². The lowest BCUT2D eigenvalue weighted by Gasteiger charge is -2.32. The van der Waals surface area contributed by atoms with Crippen LogP contribution in [0.5, 0.6) is 0 Å². The van der Waals surface area contributed by atoms with Gasteiger partial charge in [0.2, 0.25) is 0 Å². The third kappa shape index (κ3) is 2.21. The Morgan fingerprint density at radius 1 is 1.31 bits per heavy atom. The summed E-state index contributed by atoms with van der Waals surface area (Å²) < 4.78 is 5.61. The SMILES string of the molecule is Cc1ccc(N(C)C2CCC(C#N)CC2)o1. The minimum atomic E-state index is 0.267. The van der Waals surface area contributed by atoms with Crippen LogP contribution in [0.3, 0.4) is 0 Å². The lowest BCUT2D eigenvalue weighted by atomic mass is 9.86. The van der Waals surface area contributed by atoms with E-state index in [2.05, 4.69) is 18.0 Å². The van der Waals surface area contributed by atoms with Crippen LogP contribution in [0.2, 0.25) is 0 Å². The highest BCUT2D eigenvalue weighted by Gasteiger charge is 2.25. The fraction of sp³-hybridized carbons (Fsp3) is 0.615. The van der Waals surface area contributed by atoms with Crippen molar-refractivity contribution in [2.45, 2.75) is 38.6 Å². The summed E-state index contributed by atoms with van der Waals surface area (Å²) in [6.07, 6.45) is 4.22. The van der Waals surface area contributed by atoms with Gasteiger partial charge in [0, 0.05) is 25.1 Å². The summed E-state index contributed by atoms with van der Waals surface area (Å²) in [5.74, 6) is 2.16. The third-order valence-corrected chi connectivity index (χ3v) is 3.50. The van der Waals surface area contributed by atoms with Crippen molar-refractivity contribution in [3.05, 3.63) is 17.9 Å². The molecule has 0 amide bonds. The Bertz CT molecular complexity index is 383. The molecule has 0 bridgehead atoms. The highest BCUT2D eigenvalue weighted by molar-refractivity contribution is 5.36. The van der Waals surface area contributed by atoms with Crippen molar-refractivity contribution in [1.82, 2.24) is 0 Å². The molecule has 0 saturated heterocycles. The molecule has 86 valence electrons. The summed E-state index contributed by atoms with van der Waals surface area (Å²) in [6, 6.07) is 6.90. The molecule has 0 aromatic carbocycles. The first-order valence-corrected chi connectivity index (χ1v) is 5.89. The molecule has 1 aliphatic rings. The normalized spacial score (nSPS) is 25.1. The molecule has 16 heavy (non-hydrogen) atoms. The molecule has 1 fully saturated rings. The van der Waals surface area contributed by atoms with E-state index < -0.39 is 0 Å². The second-order valence-corrected chi connectivity index (χ2v) is 4.63. The van der Waals surface area contributed by atoms with Gasteiger partial charge >= 0.3 is 0 Å². The van der Waals surface area contributed by atoms with Crippen LogP contribution in [0.25, 0.3) is 0 Å². The lowest BCUT2D eigenvalue weighted by Crippen LogP contribution is -2.34. The van der Waals surface area contributed by atoms with Crippen molar-refractivity contribution < 1.29 is 4.42 Å². The first-order chi connectivity index (χ1) is 7.70. The highest BCUT2D eigenvalue weighted by Crippen LogP contribution is 2.29. The van der Waals surface area contributed by atoms with E-state index in [-0.39, 0.29) is 5.92 Å². The standard InChI is InChI=1S/C13H18N2O/c1-10-3-8-13(16-10)15(2)12-6-4-11(9-14)5-7-12/h3,8,11-12H,4-7H2,1-2H3. The smallest absolute Gasteiger partial charge is 0.195 e. The summed E-state index contributed by atoms with van der Waals surface area (Å²) in [5.41, 5.74) is 0. The van der Waals surface area contributed by atoms with Crippen LogP contribution in [0.15, 0.2) is 16.5 Å². The zero-order valence-electron chi connectivity index (χ0n) is 9.94. The predicted octanol–water partition coefficient (Wildman–Crippen LogP) is 3.11. The van der Waals surface area contributed by atoms with E-state index in [1.165, 1.54) is 0 Å². The van der Waals surface area contributed by atoms with Crippen LogP contribution in [0.4, 0.5) is 5.88 Å². The number of hydrogen-bond acceptors (Lipinski definition) is 3. The average Bonchev–Trinajstić information content (AvgIpc) is 2.75. The lowest BCUT2D eigenvalue weighted by molar-refractivity contribution is 0.360. The molecule has 1 heterocycles. The predicted molar refractivity (Wildman–Crippen MR) is 63.2 cm³/mol. The number of nitrogens with zero attached hydrogens (tertiary/aromatic N) is 2. The van der Waals surface area contributed by atoms with Crippen LogP contribution >= 0.6 is 0 Å². The van der Waals surface area contributed by atoms with E-state index >= 15 is 0 Å². The molecule has 1 aliphatic carbocycles. The van der Waals surface area contributed by atoms with Crippen LogP contribution in [0, 0.1) is 24.2 Å². The van der Waals surface area contributed by atoms with Crippen LogP contribution in [0.1, 0.15) is 31.4 Å². The third-order valence-electron chi connectivity index (χ3n) is 3.50. The fourth-order valence-corrected chi connectivity index (χ4v) is 2.38. The van der Waals surface area contributed by atoms with Crippen molar-refractivity contribution >= 4 is 5.88 Å². The zero-order valence-corrected chi connectivity index (χ0v) is 9.94. The van der Waals surface area contributed by atoms with Gasteiger partial charge in [0.05, 0.1) is 6.07 Å². The number of rotatable bonds is 2. The van der Waals surface area contributed by atoms with E-state index in [1.807, 2.05) is 19.1 Å². The topological polar surface area (TPSA) is 40.2 Å². The van der Waals surface area contributed by atoms with Gasteiger partial charge in [0.15, 0.2) is 5.88 Å². The second-order valence-electron chi connectivity index (χ2n) is 4.63. The van der Waals surface area contributed by atoms with Crippen molar-refractivity contribution in [1.29, 1.82) is 5.26 Å². The van der Waals surface area contributed by atoms with E-state index in [0.717, 1.165) is 37.3 Å². The van der Waals surface area contributed by atoms with Gasteiger partial charge in [-0.3, -0.25) is 0 Å². The van der Waals surface area contributed by atoms with Crippen molar-refractivity contribution in [3.8, 4) is 6.07 Å². The van der Waals surface area contributed by atoms with Gasteiger partial charge in [-0.2, -0.15) is 5.26 Å². The second kappa shape index (κ2) is 4.61. The van der Waals surface area contributed by atoms with Gasteiger partial charge in [-0.1, -0.05) is 0 Å². The summed E-state index contributed by atoms with van der Waals surface area (Å²) >= 11 is 0. The largest absolute Gasteiger partial charge is 0.446 e. The summed E-state index contributed by atoms with van der Waals surface area (Å²) in [7, 11) is 2.08. The molecule has 0 unspecified atom stereocenters. The molecule has 0 radical (unpaired) electrons. The maximum atomic E-state index is 8.85. The van der Waals surface area contributed by atoms with Crippen LogP contribution in [-0.2, 0) is 0 Å². The average molecular weight is 218 g/mol. The molecular formula is C13H18N2O. The first kappa shape index (κ1) is 11.1. The van der Waals surface area contributed by atoms with Crippen molar-refractivity contribution in [2.24, 2.45) is 5.92 Å². The Labute approximate surface area is 96.7 Å². The highest BCUT2D eigenvalue weighted by atomic mass is 16.4. The number of aryl methyl sites for hydroxylation is 1.